The van der Waals surface area contributed by atoms with Gasteiger partial charge < -0.3 is 4.98 Å². The molecule has 1 N–H and O–H groups in total. The molecule has 0 atom stereocenters. The second kappa shape index (κ2) is 4.64. The Bertz CT molecular complexity index is 772. The van der Waals surface area contributed by atoms with Crippen molar-refractivity contribution in [3.63, 3.8) is 0 Å². The molecule has 0 radical (unpaired) electrons. The maximum Gasteiger partial charge on any atom is 0.182 e. The van der Waals surface area contributed by atoms with E-state index >= 15 is 0 Å². The third kappa shape index (κ3) is 2.06. The molecule has 2 nitrogen and oxygen atoms in total. The molecular formula is C13H8Br2N2S. The quantitative estimate of drug-likeness (QED) is 0.571. The second-order valence-electron chi connectivity index (χ2n) is 3.90. The highest BCUT2D eigenvalue weighted by Gasteiger charge is 2.06. The molecule has 0 saturated heterocycles. The molecule has 5 heteroatoms. The zero-order valence-corrected chi connectivity index (χ0v) is 13.1. The standard InChI is InChI=1S/C13H8Br2N2S/c14-8-1-4-10(5-2-8)17-12-7-9(15)3-6-11(12)16-13(17)18/h1-7H,(H,16,18). The molecule has 0 aliphatic carbocycles. The van der Waals surface area contributed by atoms with Gasteiger partial charge in [-0.15, -0.1) is 0 Å². The highest BCUT2D eigenvalue weighted by atomic mass is 79.9. The Labute approximate surface area is 126 Å². The molecule has 0 spiro atoms. The third-order valence-electron chi connectivity index (χ3n) is 2.73. The second-order valence-corrected chi connectivity index (χ2v) is 6.12. The van der Waals surface area contributed by atoms with E-state index < -0.39 is 0 Å². The average Bonchev–Trinajstić information content (AvgIpc) is 2.66. The Balaban J connectivity index is 2.34. The van der Waals surface area contributed by atoms with E-state index in [2.05, 4.69) is 42.9 Å². The number of hydrogen-bond acceptors (Lipinski definition) is 1. The van der Waals surface area contributed by atoms with E-state index in [1.54, 1.807) is 0 Å². The Kier molecular flexibility index (Phi) is 3.13. The molecule has 0 saturated carbocycles. The lowest BCUT2D eigenvalue weighted by molar-refractivity contribution is 1.06. The number of hydrogen-bond donors (Lipinski definition) is 1. The number of nitrogens with one attached hydrogen (secondary N) is 1. The highest BCUT2D eigenvalue weighted by molar-refractivity contribution is 9.10. The summed E-state index contributed by atoms with van der Waals surface area (Å²) in [6.45, 7) is 0. The van der Waals surface area contributed by atoms with Crippen LogP contribution in [-0.4, -0.2) is 9.55 Å². The molecular weight excluding hydrogens is 376 g/mol. The van der Waals surface area contributed by atoms with E-state index in [1.807, 2.05) is 41.0 Å². The number of fused-ring (bicyclic) bond motifs is 1. The van der Waals surface area contributed by atoms with E-state index in [0.717, 1.165) is 25.7 Å². The summed E-state index contributed by atoms with van der Waals surface area (Å²) in [5, 5.41) is 0. The highest BCUT2D eigenvalue weighted by Crippen LogP contribution is 2.24. The van der Waals surface area contributed by atoms with Gasteiger partial charge in [-0.05, 0) is 54.7 Å². The van der Waals surface area contributed by atoms with Gasteiger partial charge in [-0.3, -0.25) is 4.57 Å². The predicted octanol–water partition coefficient (Wildman–Crippen LogP) is 5.21. The molecule has 0 amide bonds. The summed E-state index contributed by atoms with van der Waals surface area (Å²) in [6.07, 6.45) is 0. The molecule has 0 aliphatic heterocycles. The molecule has 0 aliphatic rings. The van der Waals surface area contributed by atoms with Gasteiger partial charge >= 0.3 is 0 Å². The lowest BCUT2D eigenvalue weighted by atomic mass is 10.3. The number of nitrogens with zero attached hydrogens (tertiary/aromatic N) is 1. The van der Waals surface area contributed by atoms with E-state index in [9.17, 15) is 0 Å². The van der Waals surface area contributed by atoms with Crippen molar-refractivity contribution in [2.24, 2.45) is 0 Å². The minimum Gasteiger partial charge on any atom is -0.330 e. The van der Waals surface area contributed by atoms with Crippen LogP contribution >= 0.6 is 44.1 Å². The fraction of sp³-hybridized carbons (Fsp3) is 0. The van der Waals surface area contributed by atoms with Crippen LogP contribution in [0.25, 0.3) is 16.7 Å². The van der Waals surface area contributed by atoms with E-state index in [1.165, 1.54) is 0 Å². The number of benzene rings is 2. The molecule has 2 aromatic carbocycles. The zero-order chi connectivity index (χ0) is 12.7. The first kappa shape index (κ1) is 12.1. The van der Waals surface area contributed by atoms with Gasteiger partial charge in [0.1, 0.15) is 0 Å². The molecule has 18 heavy (non-hydrogen) atoms. The van der Waals surface area contributed by atoms with Crippen LogP contribution in [0.2, 0.25) is 0 Å². The largest absolute Gasteiger partial charge is 0.330 e. The van der Waals surface area contributed by atoms with Crippen LogP contribution in [0.15, 0.2) is 51.4 Å². The van der Waals surface area contributed by atoms with Crippen molar-refractivity contribution in [1.29, 1.82) is 0 Å². The number of imidazole rings is 1. The molecule has 90 valence electrons. The lowest BCUT2D eigenvalue weighted by Crippen LogP contribution is -1.93. The summed E-state index contributed by atoms with van der Waals surface area (Å²) in [5.41, 5.74) is 3.15. The van der Waals surface area contributed by atoms with Crippen LogP contribution in [0.5, 0.6) is 0 Å². The van der Waals surface area contributed by atoms with Crippen molar-refractivity contribution in [1.82, 2.24) is 9.55 Å². The number of aromatic amines is 1. The Hall–Kier alpha value is -0.910. The van der Waals surface area contributed by atoms with Crippen LogP contribution in [0.3, 0.4) is 0 Å². The molecule has 3 rings (SSSR count). The van der Waals surface area contributed by atoms with Crippen LogP contribution in [-0.2, 0) is 0 Å². The smallest absolute Gasteiger partial charge is 0.182 e. The minimum absolute atomic E-state index is 0.699. The van der Waals surface area contributed by atoms with Gasteiger partial charge in [-0.25, -0.2) is 0 Å². The Morgan fingerprint density at radius 1 is 0.944 bits per heavy atom. The first-order valence-corrected chi connectivity index (χ1v) is 7.31. The van der Waals surface area contributed by atoms with Crippen LogP contribution in [0, 0.1) is 4.77 Å². The fourth-order valence-electron chi connectivity index (χ4n) is 1.92. The van der Waals surface area contributed by atoms with Crippen molar-refractivity contribution in [3.8, 4) is 5.69 Å². The van der Waals surface area contributed by atoms with Gasteiger partial charge in [0, 0.05) is 14.6 Å². The van der Waals surface area contributed by atoms with Crippen LogP contribution in [0.1, 0.15) is 0 Å². The fourth-order valence-corrected chi connectivity index (χ4v) is 2.85. The van der Waals surface area contributed by atoms with Crippen molar-refractivity contribution in [2.75, 3.05) is 0 Å². The first-order valence-electron chi connectivity index (χ1n) is 5.31. The summed E-state index contributed by atoms with van der Waals surface area (Å²) < 4.78 is 4.82. The summed E-state index contributed by atoms with van der Waals surface area (Å²) in [6, 6.07) is 14.2. The average molecular weight is 384 g/mol. The molecule has 0 fully saturated rings. The molecule has 0 unspecified atom stereocenters. The first-order chi connectivity index (χ1) is 8.65. The Morgan fingerprint density at radius 3 is 2.33 bits per heavy atom. The van der Waals surface area contributed by atoms with Crippen molar-refractivity contribution in [3.05, 3.63) is 56.2 Å². The zero-order valence-electron chi connectivity index (χ0n) is 9.15. The minimum atomic E-state index is 0.699. The summed E-state index contributed by atoms with van der Waals surface area (Å²) in [7, 11) is 0. The van der Waals surface area contributed by atoms with Crippen molar-refractivity contribution in [2.45, 2.75) is 0 Å². The van der Waals surface area contributed by atoms with E-state index in [4.69, 9.17) is 12.2 Å². The van der Waals surface area contributed by atoms with E-state index in [-0.39, 0.29) is 0 Å². The van der Waals surface area contributed by atoms with Gasteiger partial charge in [0.25, 0.3) is 0 Å². The lowest BCUT2D eigenvalue weighted by Gasteiger charge is -2.04. The number of H-pyrrole nitrogens is 1. The van der Waals surface area contributed by atoms with Gasteiger partial charge in [0.2, 0.25) is 0 Å². The van der Waals surface area contributed by atoms with Gasteiger partial charge in [0.15, 0.2) is 4.77 Å². The summed E-state index contributed by atoms with van der Waals surface area (Å²) in [5.74, 6) is 0. The number of rotatable bonds is 1. The molecule has 1 aromatic heterocycles. The van der Waals surface area contributed by atoms with Crippen LogP contribution in [0.4, 0.5) is 0 Å². The molecule has 1 heterocycles. The monoisotopic (exact) mass is 382 g/mol. The molecule has 0 bridgehead atoms. The maximum absolute atomic E-state index is 5.39. The predicted molar refractivity (Wildman–Crippen MR) is 83.9 cm³/mol. The maximum atomic E-state index is 5.39. The van der Waals surface area contributed by atoms with E-state index in [0.29, 0.717) is 4.77 Å². The van der Waals surface area contributed by atoms with Gasteiger partial charge in [-0.2, -0.15) is 0 Å². The number of halogens is 2. The van der Waals surface area contributed by atoms with Crippen molar-refractivity contribution < 1.29 is 0 Å². The summed E-state index contributed by atoms with van der Waals surface area (Å²) in [4.78, 5) is 3.21. The van der Waals surface area contributed by atoms with Crippen LogP contribution < -0.4 is 0 Å². The topological polar surface area (TPSA) is 20.7 Å². The third-order valence-corrected chi connectivity index (χ3v) is 4.04. The van der Waals surface area contributed by atoms with Gasteiger partial charge in [-0.1, -0.05) is 31.9 Å². The normalized spacial score (nSPS) is 11.0. The Morgan fingerprint density at radius 2 is 1.61 bits per heavy atom. The van der Waals surface area contributed by atoms with Crippen molar-refractivity contribution >= 4 is 55.1 Å². The summed E-state index contributed by atoms with van der Waals surface area (Å²) >= 11 is 12.3. The number of aromatic nitrogens is 2. The molecule has 3 aromatic rings. The SMILES string of the molecule is S=c1[nH]c2ccc(Br)cc2n1-c1ccc(Br)cc1. The van der Waals surface area contributed by atoms with Gasteiger partial charge in [0.05, 0.1) is 11.0 Å².